The SMILES string of the molecule is CCc1cc2c(-c3cc(C)cc(C)c3)ccc(-c3cc(C)cc(C)c3)c2[cH-]1.CCc1cc2c(-c3cc(C)cc(C)c3)ccc(-c3cc(C)cc(C)c3)c2[cH-]1.Cl.Cl.[CH3-].[CH3-].[Si]=[Zr]. The zero-order valence-corrected chi connectivity index (χ0v) is 42.9. The van der Waals surface area contributed by atoms with Crippen molar-refractivity contribution in [3.8, 4) is 44.5 Å². The van der Waals surface area contributed by atoms with Crippen molar-refractivity contribution in [1.82, 2.24) is 0 Å². The van der Waals surface area contributed by atoms with Gasteiger partial charge in [0.15, 0.2) is 0 Å². The quantitative estimate of drug-likeness (QED) is 0.115. The molecule has 0 amide bonds. The van der Waals surface area contributed by atoms with E-state index in [2.05, 4.69) is 197 Å². The third-order valence-corrected chi connectivity index (χ3v) is 10.8. The average molecular weight is 925 g/mol. The number of fused-ring (bicyclic) bond motifs is 2. The summed E-state index contributed by atoms with van der Waals surface area (Å²) in [4.78, 5) is 0. The van der Waals surface area contributed by atoms with Crippen molar-refractivity contribution in [2.24, 2.45) is 0 Å². The van der Waals surface area contributed by atoms with Crippen LogP contribution in [0.1, 0.15) is 69.5 Å². The minimum atomic E-state index is 0. The molecule has 0 atom stereocenters. The first-order valence-electron chi connectivity index (χ1n) is 19.9. The topological polar surface area (TPSA) is 0 Å². The van der Waals surface area contributed by atoms with Crippen LogP contribution in [0.2, 0.25) is 0 Å². The number of benzene rings is 6. The monoisotopic (exact) mass is 922 g/mol. The summed E-state index contributed by atoms with van der Waals surface area (Å²) in [6.45, 7) is 25.0. The second-order valence-corrected chi connectivity index (χ2v) is 15.9. The average Bonchev–Trinajstić information content (AvgIpc) is 3.79. The van der Waals surface area contributed by atoms with Gasteiger partial charge in [0.05, 0.1) is 0 Å². The van der Waals surface area contributed by atoms with E-state index in [1.807, 2.05) is 0 Å². The van der Waals surface area contributed by atoms with Crippen LogP contribution in [0.5, 0.6) is 0 Å². The zero-order valence-electron chi connectivity index (χ0n) is 37.8. The van der Waals surface area contributed by atoms with Crippen LogP contribution >= 0.6 is 24.8 Å². The Morgan fingerprint density at radius 2 is 0.583 bits per heavy atom. The van der Waals surface area contributed by atoms with Gasteiger partial charge in [-0.2, -0.15) is 12.1 Å². The van der Waals surface area contributed by atoms with E-state index in [1.54, 1.807) is 0 Å². The molecule has 0 aliphatic carbocycles. The second kappa shape index (κ2) is 22.9. The second-order valence-electron chi connectivity index (χ2n) is 15.9. The molecule has 312 valence electrons. The molecule has 60 heavy (non-hydrogen) atoms. The summed E-state index contributed by atoms with van der Waals surface area (Å²) in [6.07, 6.45) is 2.13. The van der Waals surface area contributed by atoms with E-state index in [9.17, 15) is 0 Å². The normalized spacial score (nSPS) is 10.2. The standard InChI is InChI=1S/2C27H27.2CH3.2ClH.Si.Zr/c2*1-6-21-15-26-24(22-11-17(2)9-18(3)12-22)7-8-25(27(26)16-21)23-13-19(4)10-20(5)14-23;;;;;;/h2*7-16H,6H2,1-5H3;2*1H3;2*1H;;/q4*-1;;;;. The molecule has 0 bridgehead atoms. The molecule has 0 saturated heterocycles. The summed E-state index contributed by atoms with van der Waals surface area (Å²) in [6, 6.07) is 46.2. The Morgan fingerprint density at radius 1 is 0.367 bits per heavy atom. The summed E-state index contributed by atoms with van der Waals surface area (Å²) in [5.74, 6) is 0. The fourth-order valence-electron chi connectivity index (χ4n) is 8.66. The van der Waals surface area contributed by atoms with Crippen molar-refractivity contribution in [2.75, 3.05) is 0 Å². The Bertz CT molecular complexity index is 2250. The van der Waals surface area contributed by atoms with E-state index in [0.717, 1.165) is 12.8 Å². The molecule has 0 aliphatic rings. The maximum absolute atomic E-state index is 3.06. The van der Waals surface area contributed by atoms with E-state index >= 15 is 0 Å². The Kier molecular flexibility index (Phi) is 20.0. The Hall–Kier alpha value is -3.78. The van der Waals surface area contributed by atoms with Gasteiger partial charge in [-0.1, -0.05) is 189 Å². The van der Waals surface area contributed by atoms with E-state index in [-0.39, 0.29) is 39.7 Å². The van der Waals surface area contributed by atoms with Crippen LogP contribution in [0, 0.1) is 70.2 Å². The van der Waals surface area contributed by atoms with Crippen molar-refractivity contribution in [2.45, 2.75) is 82.1 Å². The van der Waals surface area contributed by atoms with Crippen LogP contribution < -0.4 is 0 Å². The van der Waals surface area contributed by atoms with Crippen LogP contribution in [0.25, 0.3) is 66.1 Å². The van der Waals surface area contributed by atoms with Gasteiger partial charge in [-0.15, -0.1) is 69.6 Å². The van der Waals surface area contributed by atoms with Crippen LogP contribution in [-0.4, -0.2) is 6.88 Å². The molecule has 4 heteroatoms. The van der Waals surface area contributed by atoms with Gasteiger partial charge >= 0.3 is 30.2 Å². The fourth-order valence-corrected chi connectivity index (χ4v) is 8.66. The maximum atomic E-state index is 3.06. The molecule has 0 saturated carbocycles. The molecule has 0 heterocycles. The van der Waals surface area contributed by atoms with E-state index in [4.69, 9.17) is 0 Å². The molecule has 0 nitrogen and oxygen atoms in total. The first kappa shape index (κ1) is 52.4. The fraction of sp³-hybridized carbons (Fsp3) is 0.214. The predicted octanol–water partition coefficient (Wildman–Crippen LogP) is 16.7. The summed E-state index contributed by atoms with van der Waals surface area (Å²) in [7, 11) is 0. The molecule has 0 unspecified atom stereocenters. The van der Waals surface area contributed by atoms with Crippen molar-refractivity contribution < 1.29 is 23.3 Å². The van der Waals surface area contributed by atoms with E-state index in [0.29, 0.717) is 0 Å². The third kappa shape index (κ3) is 11.8. The Morgan fingerprint density at radius 3 is 0.817 bits per heavy atom. The molecule has 8 rings (SSSR count). The molecule has 8 aromatic carbocycles. The number of aryl methyl sites for hydroxylation is 10. The van der Waals surface area contributed by atoms with Gasteiger partial charge in [-0.25, -0.2) is 0 Å². The predicted molar refractivity (Wildman–Crippen MR) is 271 cm³/mol. The Labute approximate surface area is 392 Å². The molecular weight excluding hydrogens is 863 g/mol. The summed E-state index contributed by atoms with van der Waals surface area (Å²) in [5.41, 5.74) is 24.0. The van der Waals surface area contributed by atoms with Gasteiger partial charge in [-0.05, 0) is 79.4 Å². The number of hydrogen-bond acceptors (Lipinski definition) is 0. The molecule has 0 aromatic heterocycles. The van der Waals surface area contributed by atoms with Crippen molar-refractivity contribution in [3.05, 3.63) is 192 Å². The molecule has 0 fully saturated rings. The van der Waals surface area contributed by atoms with Crippen molar-refractivity contribution in [3.63, 3.8) is 0 Å². The molecule has 0 N–H and O–H groups in total. The van der Waals surface area contributed by atoms with Gasteiger partial charge in [0.1, 0.15) is 0 Å². The molecule has 0 spiro atoms. The third-order valence-electron chi connectivity index (χ3n) is 10.8. The molecule has 8 aromatic rings. The zero-order chi connectivity index (χ0) is 40.3. The minimum absolute atomic E-state index is 0. The van der Waals surface area contributed by atoms with Crippen LogP contribution in [0.15, 0.2) is 121 Å². The van der Waals surface area contributed by atoms with Crippen LogP contribution in [0.3, 0.4) is 0 Å². The first-order valence-corrected chi connectivity index (χ1v) is 24.1. The van der Waals surface area contributed by atoms with Gasteiger partial charge in [0, 0.05) is 0 Å². The number of rotatable bonds is 6. The van der Waals surface area contributed by atoms with Gasteiger partial charge in [0.2, 0.25) is 0 Å². The van der Waals surface area contributed by atoms with Gasteiger partial charge < -0.3 is 14.9 Å². The van der Waals surface area contributed by atoms with Crippen LogP contribution in [0.4, 0.5) is 0 Å². The summed E-state index contributed by atoms with van der Waals surface area (Å²) < 4.78 is 0. The van der Waals surface area contributed by atoms with E-state index < -0.39 is 0 Å². The van der Waals surface area contributed by atoms with Crippen LogP contribution in [-0.2, 0) is 36.2 Å². The van der Waals surface area contributed by atoms with Gasteiger partial charge in [-0.3, -0.25) is 0 Å². The van der Waals surface area contributed by atoms with Gasteiger partial charge in [0.25, 0.3) is 0 Å². The van der Waals surface area contributed by atoms with E-state index in [1.165, 1.54) is 145 Å². The molecule has 0 aliphatic heterocycles. The first-order chi connectivity index (χ1) is 26.9. The summed E-state index contributed by atoms with van der Waals surface area (Å²) >= 11 is 1.36. The Balaban J connectivity index is 0.000000373. The van der Waals surface area contributed by atoms with Crippen molar-refractivity contribution in [1.29, 1.82) is 0 Å². The number of hydrogen-bond donors (Lipinski definition) is 0. The number of halogens is 2. The van der Waals surface area contributed by atoms with Crippen molar-refractivity contribution >= 4 is 53.2 Å². The molecular formula is C56H62Cl2SiZr-4. The molecule has 2 radical (unpaired) electrons. The summed E-state index contributed by atoms with van der Waals surface area (Å²) in [5, 5.41) is 5.48.